The Labute approximate surface area is 94.9 Å². The van der Waals surface area contributed by atoms with Crippen molar-refractivity contribution < 1.29 is 9.59 Å². The Kier molecular flexibility index (Phi) is 1.98. The van der Waals surface area contributed by atoms with E-state index in [0.29, 0.717) is 18.5 Å². The van der Waals surface area contributed by atoms with Crippen LogP contribution < -0.4 is 0 Å². The number of allylic oxidation sites excluding steroid dienone is 2. The molecule has 16 heavy (non-hydrogen) atoms. The van der Waals surface area contributed by atoms with E-state index < -0.39 is 0 Å². The molecule has 1 unspecified atom stereocenters. The topological polar surface area (TPSA) is 40.6 Å². The zero-order valence-electron chi connectivity index (χ0n) is 9.59. The third kappa shape index (κ3) is 1.13. The average Bonchev–Trinajstić information content (AvgIpc) is 2.87. The monoisotopic (exact) mass is 220 g/mol. The summed E-state index contributed by atoms with van der Waals surface area (Å²) < 4.78 is 0. The fourth-order valence-electron chi connectivity index (χ4n) is 3.39. The Morgan fingerprint density at radius 3 is 2.12 bits per heavy atom. The van der Waals surface area contributed by atoms with Gasteiger partial charge in [-0.15, -0.1) is 0 Å². The maximum absolute atomic E-state index is 12.2. The molecule has 4 heteroatoms. The van der Waals surface area contributed by atoms with Crippen molar-refractivity contribution >= 4 is 11.8 Å². The van der Waals surface area contributed by atoms with E-state index in [1.54, 1.807) is 0 Å². The lowest BCUT2D eigenvalue weighted by molar-refractivity contribution is -0.142. The first-order chi connectivity index (χ1) is 7.59. The largest absolute Gasteiger partial charge is 0.292 e. The van der Waals surface area contributed by atoms with Crippen LogP contribution in [0.15, 0.2) is 12.2 Å². The van der Waals surface area contributed by atoms with Gasteiger partial charge in [-0.3, -0.25) is 19.4 Å². The first kappa shape index (κ1) is 10.0. The normalized spacial score (nSPS) is 40.3. The molecule has 1 aliphatic heterocycles. The summed E-state index contributed by atoms with van der Waals surface area (Å²) in [6, 6.07) is 0. The van der Waals surface area contributed by atoms with Crippen molar-refractivity contribution in [1.82, 2.24) is 9.80 Å². The molecule has 2 aliphatic carbocycles. The Bertz CT molecular complexity index is 358. The van der Waals surface area contributed by atoms with E-state index in [4.69, 9.17) is 0 Å². The van der Waals surface area contributed by atoms with Gasteiger partial charge < -0.3 is 0 Å². The first-order valence-corrected chi connectivity index (χ1v) is 5.78. The minimum absolute atomic E-state index is 0.0422. The van der Waals surface area contributed by atoms with E-state index in [1.807, 2.05) is 19.0 Å². The molecule has 0 aromatic heterocycles. The lowest BCUT2D eigenvalue weighted by Gasteiger charge is -2.20. The van der Waals surface area contributed by atoms with Gasteiger partial charge in [0.25, 0.3) is 0 Å². The lowest BCUT2D eigenvalue weighted by Crippen LogP contribution is -2.39. The van der Waals surface area contributed by atoms with Crippen molar-refractivity contribution in [2.75, 3.05) is 20.8 Å². The van der Waals surface area contributed by atoms with Gasteiger partial charge in [0.05, 0.1) is 18.5 Å². The Hall–Kier alpha value is -1.16. The molecule has 4 nitrogen and oxygen atoms in total. The van der Waals surface area contributed by atoms with E-state index in [-0.39, 0.29) is 23.7 Å². The van der Waals surface area contributed by atoms with Crippen LogP contribution in [0, 0.1) is 23.7 Å². The SMILES string of the molecule is CN(C)CN1C(=O)[C@H]2[C@@H]3C=CC(C3)[C@H]2C1=O. The molecule has 2 bridgehead atoms. The lowest BCUT2D eigenvalue weighted by atomic mass is 9.85. The highest BCUT2D eigenvalue weighted by atomic mass is 16.2. The molecule has 0 spiro atoms. The third-order valence-electron chi connectivity index (χ3n) is 3.99. The van der Waals surface area contributed by atoms with Crippen LogP contribution in [-0.2, 0) is 9.59 Å². The molecule has 1 saturated carbocycles. The van der Waals surface area contributed by atoms with Crippen LogP contribution in [0.25, 0.3) is 0 Å². The second kappa shape index (κ2) is 3.17. The van der Waals surface area contributed by atoms with Gasteiger partial charge >= 0.3 is 0 Å². The molecule has 0 aromatic carbocycles. The van der Waals surface area contributed by atoms with E-state index in [0.717, 1.165) is 6.42 Å². The quantitative estimate of drug-likeness (QED) is 0.497. The van der Waals surface area contributed by atoms with Crippen LogP contribution >= 0.6 is 0 Å². The highest BCUT2D eigenvalue weighted by Gasteiger charge is 2.59. The number of fused-ring (bicyclic) bond motifs is 5. The average molecular weight is 220 g/mol. The first-order valence-electron chi connectivity index (χ1n) is 5.78. The molecular weight excluding hydrogens is 204 g/mol. The van der Waals surface area contributed by atoms with Gasteiger partial charge in [-0.25, -0.2) is 0 Å². The van der Waals surface area contributed by atoms with Crippen molar-refractivity contribution in [2.45, 2.75) is 6.42 Å². The summed E-state index contributed by atoms with van der Waals surface area (Å²) in [6.45, 7) is 0.421. The highest BCUT2D eigenvalue weighted by Crippen LogP contribution is 2.52. The molecule has 2 fully saturated rings. The molecule has 0 aromatic rings. The molecule has 86 valence electrons. The predicted molar refractivity (Wildman–Crippen MR) is 58.1 cm³/mol. The fourth-order valence-corrected chi connectivity index (χ4v) is 3.39. The predicted octanol–water partition coefficient (Wildman–Crippen LogP) is 0.313. The summed E-state index contributed by atoms with van der Waals surface area (Å²) in [7, 11) is 3.75. The van der Waals surface area contributed by atoms with Crippen LogP contribution in [0.2, 0.25) is 0 Å². The number of hydrogen-bond donors (Lipinski definition) is 0. The van der Waals surface area contributed by atoms with Crippen LogP contribution in [0.1, 0.15) is 6.42 Å². The van der Waals surface area contributed by atoms with Crippen LogP contribution in [0.3, 0.4) is 0 Å². The van der Waals surface area contributed by atoms with Gasteiger partial charge in [0.2, 0.25) is 11.8 Å². The van der Waals surface area contributed by atoms with Crippen molar-refractivity contribution in [3.63, 3.8) is 0 Å². The van der Waals surface area contributed by atoms with E-state index in [1.165, 1.54) is 4.90 Å². The number of carbonyl (C=O) groups is 2. The summed E-state index contributed by atoms with van der Waals surface area (Å²) in [5.74, 6) is 0.614. The molecule has 1 heterocycles. The van der Waals surface area contributed by atoms with Crippen molar-refractivity contribution in [3.05, 3.63) is 12.2 Å². The number of amides is 2. The van der Waals surface area contributed by atoms with E-state index in [2.05, 4.69) is 12.2 Å². The number of carbonyl (C=O) groups excluding carboxylic acids is 2. The number of nitrogens with zero attached hydrogens (tertiary/aromatic N) is 2. The van der Waals surface area contributed by atoms with E-state index >= 15 is 0 Å². The molecule has 3 aliphatic rings. The van der Waals surface area contributed by atoms with E-state index in [9.17, 15) is 9.59 Å². The Balaban J connectivity index is 1.89. The zero-order valence-corrected chi connectivity index (χ0v) is 9.59. The molecule has 3 rings (SSSR count). The maximum atomic E-state index is 12.2. The van der Waals surface area contributed by atoms with Crippen LogP contribution in [-0.4, -0.2) is 42.4 Å². The summed E-state index contributed by atoms with van der Waals surface area (Å²) in [5.41, 5.74) is 0. The molecule has 1 saturated heterocycles. The second-order valence-electron chi connectivity index (χ2n) is 5.33. The van der Waals surface area contributed by atoms with Gasteiger partial charge in [0, 0.05) is 0 Å². The summed E-state index contributed by atoms with van der Waals surface area (Å²) in [6.07, 6.45) is 5.25. The third-order valence-corrected chi connectivity index (χ3v) is 3.99. The Morgan fingerprint density at radius 1 is 1.19 bits per heavy atom. The Morgan fingerprint density at radius 2 is 1.69 bits per heavy atom. The number of likely N-dealkylation sites (tertiary alicyclic amines) is 1. The minimum Gasteiger partial charge on any atom is -0.292 e. The highest BCUT2D eigenvalue weighted by molar-refractivity contribution is 6.06. The van der Waals surface area contributed by atoms with Crippen molar-refractivity contribution in [1.29, 1.82) is 0 Å². The van der Waals surface area contributed by atoms with Crippen molar-refractivity contribution in [2.24, 2.45) is 23.7 Å². The molecule has 4 atom stereocenters. The molecule has 0 radical (unpaired) electrons. The van der Waals surface area contributed by atoms with Gasteiger partial charge in [-0.1, -0.05) is 12.2 Å². The zero-order chi connectivity index (χ0) is 11.4. The van der Waals surface area contributed by atoms with Crippen LogP contribution in [0.5, 0.6) is 0 Å². The molecular formula is C12H16N2O2. The summed E-state index contributed by atoms with van der Waals surface area (Å²) >= 11 is 0. The van der Waals surface area contributed by atoms with Gasteiger partial charge in [-0.05, 0) is 32.4 Å². The molecule has 2 amide bonds. The number of imide groups is 1. The minimum atomic E-state index is -0.0533. The standard InChI is InChI=1S/C12H16N2O2/c1-13(2)6-14-11(15)9-7-3-4-8(5-7)10(9)12(14)16/h3-4,7-10H,5-6H2,1-2H3/t7-,8?,9+,10-/m1/s1. The van der Waals surface area contributed by atoms with Crippen LogP contribution in [0.4, 0.5) is 0 Å². The number of rotatable bonds is 2. The van der Waals surface area contributed by atoms with Crippen molar-refractivity contribution in [3.8, 4) is 0 Å². The fraction of sp³-hybridized carbons (Fsp3) is 0.667. The van der Waals surface area contributed by atoms with Gasteiger partial charge in [0.1, 0.15) is 0 Å². The molecule has 0 N–H and O–H groups in total. The van der Waals surface area contributed by atoms with Gasteiger partial charge in [-0.2, -0.15) is 0 Å². The summed E-state index contributed by atoms with van der Waals surface area (Å²) in [5, 5.41) is 0. The second-order valence-corrected chi connectivity index (χ2v) is 5.33. The van der Waals surface area contributed by atoms with Gasteiger partial charge in [0.15, 0.2) is 0 Å². The maximum Gasteiger partial charge on any atom is 0.234 e. The summed E-state index contributed by atoms with van der Waals surface area (Å²) in [4.78, 5) is 27.6. The number of hydrogen-bond acceptors (Lipinski definition) is 3. The smallest absolute Gasteiger partial charge is 0.234 e.